The standard InChI is InChI=1S/C11H14BrFN2O2S2/c1-7(2)15(6-11(14)18)19(16,17)10-4-3-8(12)5-9(10)13/h3-5,7H,6H2,1-2H3,(H2,14,18). The lowest BCUT2D eigenvalue weighted by molar-refractivity contribution is 0.388. The molecule has 0 amide bonds. The van der Waals surface area contributed by atoms with Crippen molar-refractivity contribution in [1.82, 2.24) is 4.31 Å². The number of nitrogens with zero attached hydrogens (tertiary/aromatic N) is 1. The fraction of sp³-hybridized carbons (Fsp3) is 0.364. The quantitative estimate of drug-likeness (QED) is 0.809. The topological polar surface area (TPSA) is 63.4 Å². The van der Waals surface area contributed by atoms with Crippen molar-refractivity contribution in [3.05, 3.63) is 28.5 Å². The normalized spacial score (nSPS) is 12.1. The zero-order valence-electron chi connectivity index (χ0n) is 10.4. The van der Waals surface area contributed by atoms with Gasteiger partial charge in [0.25, 0.3) is 0 Å². The van der Waals surface area contributed by atoms with Crippen molar-refractivity contribution in [2.24, 2.45) is 5.73 Å². The lowest BCUT2D eigenvalue weighted by Gasteiger charge is -2.25. The van der Waals surface area contributed by atoms with Crippen LogP contribution >= 0.6 is 28.1 Å². The molecule has 0 saturated carbocycles. The average Bonchev–Trinajstić information content (AvgIpc) is 2.24. The molecule has 2 N–H and O–H groups in total. The number of hydrogen-bond donors (Lipinski definition) is 1. The average molecular weight is 369 g/mol. The SMILES string of the molecule is CC(C)N(CC(N)=S)S(=O)(=O)c1ccc(Br)cc1F. The summed E-state index contributed by atoms with van der Waals surface area (Å²) in [6.07, 6.45) is 0. The molecular formula is C11H14BrFN2O2S2. The largest absolute Gasteiger partial charge is 0.392 e. The van der Waals surface area contributed by atoms with Crippen molar-refractivity contribution >= 4 is 43.2 Å². The third kappa shape index (κ3) is 3.95. The molecule has 0 fully saturated rings. The molecule has 0 heterocycles. The van der Waals surface area contributed by atoms with E-state index in [1.165, 1.54) is 12.1 Å². The van der Waals surface area contributed by atoms with Crippen molar-refractivity contribution < 1.29 is 12.8 Å². The highest BCUT2D eigenvalue weighted by atomic mass is 79.9. The van der Waals surface area contributed by atoms with Crippen LogP contribution in [-0.2, 0) is 10.0 Å². The van der Waals surface area contributed by atoms with Gasteiger partial charge in [-0.15, -0.1) is 0 Å². The van der Waals surface area contributed by atoms with E-state index >= 15 is 0 Å². The summed E-state index contributed by atoms with van der Waals surface area (Å²) < 4.78 is 40.1. The third-order valence-electron chi connectivity index (χ3n) is 2.37. The molecule has 19 heavy (non-hydrogen) atoms. The number of halogens is 2. The molecule has 0 aliphatic rings. The number of sulfonamides is 1. The molecule has 0 aromatic heterocycles. The molecule has 1 aromatic rings. The summed E-state index contributed by atoms with van der Waals surface area (Å²) >= 11 is 7.81. The molecule has 8 heteroatoms. The molecule has 0 radical (unpaired) electrons. The Balaban J connectivity index is 3.30. The summed E-state index contributed by atoms with van der Waals surface area (Å²) in [4.78, 5) is -0.351. The van der Waals surface area contributed by atoms with Gasteiger partial charge in [-0.1, -0.05) is 28.1 Å². The Labute approximate surface area is 126 Å². The lowest BCUT2D eigenvalue weighted by Crippen LogP contribution is -2.42. The Morgan fingerprint density at radius 1 is 1.53 bits per heavy atom. The lowest BCUT2D eigenvalue weighted by atomic mass is 10.3. The molecule has 1 rings (SSSR count). The second-order valence-corrected chi connectivity index (χ2v) is 7.48. The van der Waals surface area contributed by atoms with Gasteiger partial charge < -0.3 is 5.73 Å². The summed E-state index contributed by atoms with van der Waals surface area (Å²) in [7, 11) is -3.97. The van der Waals surface area contributed by atoms with Gasteiger partial charge in [0.2, 0.25) is 10.0 Å². The molecule has 0 unspecified atom stereocenters. The van der Waals surface area contributed by atoms with Crippen LogP contribution in [0.2, 0.25) is 0 Å². The zero-order chi connectivity index (χ0) is 14.8. The predicted octanol–water partition coefficient (Wildman–Crippen LogP) is 2.27. The third-order valence-corrected chi connectivity index (χ3v) is 5.05. The maximum absolute atomic E-state index is 13.8. The zero-order valence-corrected chi connectivity index (χ0v) is 13.6. The van der Waals surface area contributed by atoms with E-state index in [4.69, 9.17) is 18.0 Å². The van der Waals surface area contributed by atoms with Crippen LogP contribution in [0.15, 0.2) is 27.6 Å². The summed E-state index contributed by atoms with van der Waals surface area (Å²) in [5.41, 5.74) is 5.39. The van der Waals surface area contributed by atoms with Crippen LogP contribution in [0.3, 0.4) is 0 Å². The summed E-state index contributed by atoms with van der Waals surface area (Å²) in [6, 6.07) is 3.40. The molecular weight excluding hydrogens is 355 g/mol. The summed E-state index contributed by atoms with van der Waals surface area (Å²) in [5.74, 6) is -0.817. The van der Waals surface area contributed by atoms with Crippen LogP contribution in [0.5, 0.6) is 0 Å². The smallest absolute Gasteiger partial charge is 0.246 e. The van der Waals surface area contributed by atoms with Crippen LogP contribution in [-0.4, -0.2) is 30.3 Å². The van der Waals surface area contributed by atoms with Crippen molar-refractivity contribution in [3.63, 3.8) is 0 Å². The van der Waals surface area contributed by atoms with Crippen LogP contribution < -0.4 is 5.73 Å². The molecule has 0 atom stereocenters. The fourth-order valence-corrected chi connectivity index (χ4v) is 3.73. The molecule has 0 spiro atoms. The number of benzene rings is 1. The number of thiocarbonyl (C=S) groups is 1. The first-order chi connectivity index (χ1) is 8.66. The van der Waals surface area contributed by atoms with E-state index in [0.717, 1.165) is 10.4 Å². The monoisotopic (exact) mass is 368 g/mol. The van der Waals surface area contributed by atoms with Gasteiger partial charge >= 0.3 is 0 Å². The predicted molar refractivity (Wildman–Crippen MR) is 79.9 cm³/mol. The Kier molecular flexibility index (Phi) is 5.43. The Morgan fingerprint density at radius 3 is 2.53 bits per heavy atom. The Morgan fingerprint density at radius 2 is 2.11 bits per heavy atom. The van der Waals surface area contributed by atoms with Gasteiger partial charge in [-0.05, 0) is 32.0 Å². The minimum absolute atomic E-state index is 0.0368. The highest BCUT2D eigenvalue weighted by molar-refractivity contribution is 9.10. The highest BCUT2D eigenvalue weighted by Gasteiger charge is 2.30. The highest BCUT2D eigenvalue weighted by Crippen LogP contribution is 2.23. The van der Waals surface area contributed by atoms with Crippen molar-refractivity contribution in [3.8, 4) is 0 Å². The van der Waals surface area contributed by atoms with E-state index < -0.39 is 15.8 Å². The van der Waals surface area contributed by atoms with Crippen LogP contribution in [0.1, 0.15) is 13.8 Å². The molecule has 4 nitrogen and oxygen atoms in total. The van der Waals surface area contributed by atoms with Crippen molar-refractivity contribution in [1.29, 1.82) is 0 Å². The van der Waals surface area contributed by atoms with Crippen LogP contribution in [0, 0.1) is 5.82 Å². The second-order valence-electron chi connectivity index (χ2n) is 4.19. The van der Waals surface area contributed by atoms with Gasteiger partial charge in [0, 0.05) is 10.5 Å². The van der Waals surface area contributed by atoms with E-state index in [9.17, 15) is 12.8 Å². The first kappa shape index (κ1) is 16.5. The van der Waals surface area contributed by atoms with Gasteiger partial charge in [-0.25, -0.2) is 12.8 Å². The van der Waals surface area contributed by atoms with Crippen LogP contribution in [0.25, 0.3) is 0 Å². The minimum Gasteiger partial charge on any atom is -0.392 e. The first-order valence-corrected chi connectivity index (χ1v) is 8.05. The van der Waals surface area contributed by atoms with E-state index in [1.807, 2.05) is 0 Å². The van der Waals surface area contributed by atoms with Crippen molar-refractivity contribution in [2.45, 2.75) is 24.8 Å². The van der Waals surface area contributed by atoms with Gasteiger partial charge in [-0.2, -0.15) is 4.31 Å². The second kappa shape index (κ2) is 6.25. The molecule has 0 bridgehead atoms. The molecule has 106 valence electrons. The number of nitrogens with two attached hydrogens (primary N) is 1. The van der Waals surface area contributed by atoms with Gasteiger partial charge in [0.05, 0.1) is 11.5 Å². The number of hydrogen-bond acceptors (Lipinski definition) is 3. The van der Waals surface area contributed by atoms with Crippen molar-refractivity contribution in [2.75, 3.05) is 6.54 Å². The maximum atomic E-state index is 13.8. The summed E-state index contributed by atoms with van der Waals surface area (Å²) in [6.45, 7) is 3.23. The van der Waals surface area contributed by atoms with E-state index in [1.54, 1.807) is 13.8 Å². The van der Waals surface area contributed by atoms with E-state index in [0.29, 0.717) is 4.47 Å². The summed E-state index contributed by atoms with van der Waals surface area (Å²) in [5, 5.41) is 0. The molecule has 0 saturated heterocycles. The fourth-order valence-electron chi connectivity index (χ4n) is 1.51. The van der Waals surface area contributed by atoms with Gasteiger partial charge in [0.15, 0.2) is 0 Å². The minimum atomic E-state index is -3.97. The first-order valence-electron chi connectivity index (χ1n) is 5.41. The molecule has 0 aliphatic carbocycles. The van der Waals surface area contributed by atoms with Gasteiger partial charge in [-0.3, -0.25) is 0 Å². The Bertz CT molecular complexity index is 590. The van der Waals surface area contributed by atoms with E-state index in [2.05, 4.69) is 15.9 Å². The molecule has 0 aliphatic heterocycles. The van der Waals surface area contributed by atoms with E-state index in [-0.39, 0.29) is 22.5 Å². The molecule has 1 aromatic carbocycles. The number of rotatable bonds is 5. The van der Waals surface area contributed by atoms with Crippen LogP contribution in [0.4, 0.5) is 4.39 Å². The van der Waals surface area contributed by atoms with Gasteiger partial charge in [0.1, 0.15) is 10.7 Å². The Hall–Kier alpha value is -0.570. The maximum Gasteiger partial charge on any atom is 0.246 e.